The third-order valence-corrected chi connectivity index (χ3v) is 6.94. The van der Waals surface area contributed by atoms with Crippen LogP contribution in [-0.2, 0) is 26.2 Å². The van der Waals surface area contributed by atoms with Crippen LogP contribution in [0.5, 0.6) is 11.5 Å². The summed E-state index contributed by atoms with van der Waals surface area (Å²) in [7, 11) is -2.16. The lowest BCUT2D eigenvalue weighted by Crippen LogP contribution is -2.42. The molecule has 0 amide bonds. The van der Waals surface area contributed by atoms with Crippen LogP contribution in [0.25, 0.3) is 0 Å². The van der Waals surface area contributed by atoms with E-state index in [1.165, 1.54) is 23.5 Å². The number of esters is 1. The minimum Gasteiger partial charge on any atom is -0.497 e. The predicted octanol–water partition coefficient (Wildman–Crippen LogP) is 3.24. The number of hydrogen-bond acceptors (Lipinski definition) is 6. The molecule has 0 radical (unpaired) electrons. The van der Waals surface area contributed by atoms with Gasteiger partial charge in [0.15, 0.2) is 0 Å². The van der Waals surface area contributed by atoms with E-state index < -0.39 is 21.9 Å². The molecule has 1 heterocycles. The molecule has 7 nitrogen and oxygen atoms in total. The second-order valence-corrected chi connectivity index (χ2v) is 8.96. The van der Waals surface area contributed by atoms with E-state index in [0.29, 0.717) is 37.5 Å². The van der Waals surface area contributed by atoms with Crippen LogP contribution in [0.4, 0.5) is 0 Å². The minimum absolute atomic E-state index is 0.0940. The number of carbonyl (C=O) groups is 1. The maximum Gasteiger partial charge on any atom is 0.310 e. The highest BCUT2D eigenvalue weighted by Gasteiger charge is 2.34. The lowest BCUT2D eigenvalue weighted by molar-refractivity contribution is -0.151. The van der Waals surface area contributed by atoms with Gasteiger partial charge in [-0.05, 0) is 50.1 Å². The van der Waals surface area contributed by atoms with Crippen LogP contribution in [0, 0.1) is 5.92 Å². The Bertz CT molecular complexity index is 958. The second-order valence-electron chi connectivity index (χ2n) is 7.03. The molecule has 2 aromatic carbocycles. The molecule has 1 aliphatic rings. The Morgan fingerprint density at radius 3 is 2.57 bits per heavy atom. The molecule has 1 saturated heterocycles. The largest absolute Gasteiger partial charge is 0.497 e. The van der Waals surface area contributed by atoms with E-state index >= 15 is 0 Å². The molecule has 8 heteroatoms. The molecule has 1 atom stereocenters. The number of para-hydroxylation sites is 1. The fourth-order valence-electron chi connectivity index (χ4n) is 3.44. The molecular formula is C22H27NO6S. The summed E-state index contributed by atoms with van der Waals surface area (Å²) in [4.78, 5) is 12.8. The Balaban J connectivity index is 1.64. The van der Waals surface area contributed by atoms with Crippen LogP contribution in [0.2, 0.25) is 0 Å². The van der Waals surface area contributed by atoms with E-state index in [4.69, 9.17) is 14.2 Å². The number of rotatable bonds is 8. The first-order valence-electron chi connectivity index (χ1n) is 9.97. The van der Waals surface area contributed by atoms with Gasteiger partial charge in [-0.3, -0.25) is 4.79 Å². The van der Waals surface area contributed by atoms with Gasteiger partial charge in [0.2, 0.25) is 10.0 Å². The third-order valence-electron chi connectivity index (χ3n) is 5.06. The molecule has 0 saturated carbocycles. The topological polar surface area (TPSA) is 82.1 Å². The quantitative estimate of drug-likeness (QED) is 0.595. The highest BCUT2D eigenvalue weighted by molar-refractivity contribution is 7.89. The van der Waals surface area contributed by atoms with Crippen molar-refractivity contribution in [2.45, 2.75) is 31.3 Å². The fraction of sp³-hybridized carbons (Fsp3) is 0.409. The van der Waals surface area contributed by atoms with Crippen LogP contribution in [0.15, 0.2) is 53.4 Å². The number of ether oxygens (including phenoxy) is 3. The number of carbonyl (C=O) groups excluding carboxylic acids is 1. The average Bonchev–Trinajstić information content (AvgIpc) is 2.78. The standard InChI is InChI=1S/C22H27NO6S/c1-3-28-21-9-5-4-7-18(21)16-29-22(24)17-8-6-14-23(15-17)30(25,26)20-12-10-19(27-2)11-13-20/h4-5,7,9-13,17H,3,6,8,14-16H2,1-2H3. The zero-order valence-corrected chi connectivity index (χ0v) is 18.1. The summed E-state index contributed by atoms with van der Waals surface area (Å²) in [6.07, 6.45) is 1.20. The van der Waals surface area contributed by atoms with Crippen LogP contribution >= 0.6 is 0 Å². The Morgan fingerprint density at radius 1 is 1.13 bits per heavy atom. The molecule has 2 aromatic rings. The van der Waals surface area contributed by atoms with Crippen molar-refractivity contribution in [3.63, 3.8) is 0 Å². The van der Waals surface area contributed by atoms with Crippen molar-refractivity contribution in [2.75, 3.05) is 26.8 Å². The summed E-state index contributed by atoms with van der Waals surface area (Å²) in [5, 5.41) is 0. The predicted molar refractivity (Wildman–Crippen MR) is 112 cm³/mol. The summed E-state index contributed by atoms with van der Waals surface area (Å²) in [5.74, 6) is 0.378. The first kappa shape index (κ1) is 22.1. The molecule has 1 aliphatic heterocycles. The minimum atomic E-state index is -3.68. The first-order valence-corrected chi connectivity index (χ1v) is 11.4. The highest BCUT2D eigenvalue weighted by atomic mass is 32.2. The summed E-state index contributed by atoms with van der Waals surface area (Å²) >= 11 is 0. The van der Waals surface area contributed by atoms with Gasteiger partial charge in [-0.1, -0.05) is 18.2 Å². The van der Waals surface area contributed by atoms with Crippen molar-refractivity contribution in [3.8, 4) is 11.5 Å². The maximum atomic E-state index is 13.0. The number of methoxy groups -OCH3 is 1. The lowest BCUT2D eigenvalue weighted by atomic mass is 10.00. The van der Waals surface area contributed by atoms with Crippen LogP contribution in [0.3, 0.4) is 0 Å². The highest BCUT2D eigenvalue weighted by Crippen LogP contribution is 2.26. The summed E-state index contributed by atoms with van der Waals surface area (Å²) in [5.41, 5.74) is 0.784. The van der Waals surface area contributed by atoms with Crippen molar-refractivity contribution in [1.29, 1.82) is 0 Å². The lowest BCUT2D eigenvalue weighted by Gasteiger charge is -2.30. The van der Waals surface area contributed by atoms with Crippen LogP contribution < -0.4 is 9.47 Å². The smallest absolute Gasteiger partial charge is 0.310 e. The Hall–Kier alpha value is -2.58. The van der Waals surface area contributed by atoms with Crippen molar-refractivity contribution in [1.82, 2.24) is 4.31 Å². The molecule has 0 spiro atoms. The number of piperidine rings is 1. The van der Waals surface area contributed by atoms with E-state index in [1.807, 2.05) is 31.2 Å². The number of sulfonamides is 1. The van der Waals surface area contributed by atoms with Gasteiger partial charge in [0.05, 0.1) is 24.5 Å². The van der Waals surface area contributed by atoms with Gasteiger partial charge in [0.1, 0.15) is 18.1 Å². The van der Waals surface area contributed by atoms with Crippen LogP contribution in [0.1, 0.15) is 25.3 Å². The summed E-state index contributed by atoms with van der Waals surface area (Å²) < 4.78 is 43.4. The molecule has 1 unspecified atom stereocenters. The Labute approximate surface area is 177 Å². The van der Waals surface area contributed by atoms with Crippen molar-refractivity contribution >= 4 is 16.0 Å². The van der Waals surface area contributed by atoms with Gasteiger partial charge in [-0.15, -0.1) is 0 Å². The molecule has 30 heavy (non-hydrogen) atoms. The Kier molecular flexibility index (Phi) is 7.33. The first-order chi connectivity index (χ1) is 14.5. The van der Waals surface area contributed by atoms with Gasteiger partial charge < -0.3 is 14.2 Å². The molecule has 0 aromatic heterocycles. The van der Waals surface area contributed by atoms with Gasteiger partial charge >= 0.3 is 5.97 Å². The SMILES string of the molecule is CCOc1ccccc1COC(=O)C1CCCN(S(=O)(=O)c2ccc(OC)cc2)C1. The fourth-order valence-corrected chi connectivity index (χ4v) is 4.96. The number of nitrogens with zero attached hydrogens (tertiary/aromatic N) is 1. The van der Waals surface area contributed by atoms with Crippen molar-refractivity contribution < 1.29 is 27.4 Å². The molecular weight excluding hydrogens is 406 g/mol. The second kappa shape index (κ2) is 9.95. The van der Waals surface area contributed by atoms with Gasteiger partial charge in [0, 0.05) is 18.7 Å². The number of benzene rings is 2. The average molecular weight is 434 g/mol. The summed E-state index contributed by atoms with van der Waals surface area (Å²) in [6.45, 7) is 3.00. The normalized spacial score (nSPS) is 17.3. The van der Waals surface area contributed by atoms with Gasteiger partial charge in [-0.2, -0.15) is 4.31 Å². The van der Waals surface area contributed by atoms with E-state index in [2.05, 4.69) is 0 Å². The molecule has 0 bridgehead atoms. The van der Waals surface area contributed by atoms with E-state index in [1.54, 1.807) is 12.1 Å². The zero-order chi connectivity index (χ0) is 21.6. The molecule has 162 valence electrons. The zero-order valence-electron chi connectivity index (χ0n) is 17.2. The van der Waals surface area contributed by atoms with Gasteiger partial charge in [-0.25, -0.2) is 8.42 Å². The molecule has 0 N–H and O–H groups in total. The monoisotopic (exact) mass is 433 g/mol. The van der Waals surface area contributed by atoms with E-state index in [-0.39, 0.29) is 18.0 Å². The maximum absolute atomic E-state index is 13.0. The van der Waals surface area contributed by atoms with Crippen molar-refractivity contribution in [2.24, 2.45) is 5.92 Å². The van der Waals surface area contributed by atoms with Crippen molar-refractivity contribution in [3.05, 3.63) is 54.1 Å². The third kappa shape index (κ3) is 5.12. The van der Waals surface area contributed by atoms with E-state index in [0.717, 1.165) is 5.56 Å². The summed E-state index contributed by atoms with van der Waals surface area (Å²) in [6, 6.07) is 13.6. The van der Waals surface area contributed by atoms with Crippen LogP contribution in [-0.4, -0.2) is 45.5 Å². The molecule has 3 rings (SSSR count). The van der Waals surface area contributed by atoms with Gasteiger partial charge in [0.25, 0.3) is 0 Å². The number of hydrogen-bond donors (Lipinski definition) is 0. The molecule has 0 aliphatic carbocycles. The van der Waals surface area contributed by atoms with E-state index in [9.17, 15) is 13.2 Å². The Morgan fingerprint density at radius 2 is 1.87 bits per heavy atom. The molecule has 1 fully saturated rings.